The molecule has 1 heterocycles. The van der Waals surface area contributed by atoms with Gasteiger partial charge in [-0.25, -0.2) is 0 Å². The van der Waals surface area contributed by atoms with Gasteiger partial charge in [0.15, 0.2) is 11.5 Å². The molecule has 0 radical (unpaired) electrons. The van der Waals surface area contributed by atoms with Crippen LogP contribution in [-0.4, -0.2) is 50.1 Å². The number of rotatable bonds is 5. The molecule has 2 aromatic carbocycles. The summed E-state index contributed by atoms with van der Waals surface area (Å²) in [6, 6.07) is 9.40. The van der Waals surface area contributed by atoms with Gasteiger partial charge >= 0.3 is 6.18 Å². The molecule has 1 N–H and O–H groups in total. The summed E-state index contributed by atoms with van der Waals surface area (Å²) < 4.78 is 50.0. The topological polar surface area (TPSA) is 67.9 Å². The second-order valence-corrected chi connectivity index (χ2v) is 7.15. The van der Waals surface area contributed by atoms with Gasteiger partial charge in [0.2, 0.25) is 0 Å². The van der Waals surface area contributed by atoms with Gasteiger partial charge in [0.25, 0.3) is 11.8 Å². The number of piperidine rings is 1. The molecule has 1 aliphatic heterocycles. The first-order valence-corrected chi connectivity index (χ1v) is 9.73. The van der Waals surface area contributed by atoms with E-state index in [2.05, 4.69) is 5.32 Å². The van der Waals surface area contributed by atoms with E-state index in [0.29, 0.717) is 29.9 Å². The summed E-state index contributed by atoms with van der Waals surface area (Å²) in [5.74, 6) is -0.0188. The van der Waals surface area contributed by atoms with Crippen LogP contribution < -0.4 is 14.8 Å². The number of amides is 2. The number of carbonyl (C=O) groups is 2. The van der Waals surface area contributed by atoms with E-state index in [1.807, 2.05) is 0 Å². The van der Waals surface area contributed by atoms with Gasteiger partial charge < -0.3 is 19.7 Å². The standard InChI is InChI=1S/C22H23F3N2O4/c1-30-18-8-7-14(13-19(18)31-2)20(28)26-15-9-11-27(12-10-15)21(29)16-5-3-4-6-17(16)22(23,24)25/h3-8,13,15H,9-12H2,1-2H3,(H,26,28). The molecule has 9 heteroatoms. The molecule has 31 heavy (non-hydrogen) atoms. The zero-order chi connectivity index (χ0) is 22.6. The van der Waals surface area contributed by atoms with E-state index in [0.717, 1.165) is 6.07 Å². The smallest absolute Gasteiger partial charge is 0.417 e. The lowest BCUT2D eigenvalue weighted by atomic mass is 10.0. The summed E-state index contributed by atoms with van der Waals surface area (Å²) in [7, 11) is 2.98. The van der Waals surface area contributed by atoms with Crippen molar-refractivity contribution < 1.29 is 32.2 Å². The van der Waals surface area contributed by atoms with Gasteiger partial charge in [-0.15, -0.1) is 0 Å². The SMILES string of the molecule is COc1ccc(C(=O)NC2CCN(C(=O)c3ccccc3C(F)(F)F)CC2)cc1OC. The molecule has 3 rings (SSSR count). The quantitative estimate of drug-likeness (QED) is 0.775. The molecule has 2 aromatic rings. The van der Waals surface area contributed by atoms with Crippen molar-refractivity contribution in [2.24, 2.45) is 0 Å². The van der Waals surface area contributed by atoms with E-state index in [1.54, 1.807) is 18.2 Å². The summed E-state index contributed by atoms with van der Waals surface area (Å²) in [5.41, 5.74) is -0.901. The van der Waals surface area contributed by atoms with Crippen LogP contribution in [0, 0.1) is 0 Å². The summed E-state index contributed by atoms with van der Waals surface area (Å²) in [4.78, 5) is 26.6. The predicted octanol–water partition coefficient (Wildman–Crippen LogP) is 3.76. The highest BCUT2D eigenvalue weighted by molar-refractivity contribution is 5.96. The van der Waals surface area contributed by atoms with Crippen LogP contribution >= 0.6 is 0 Å². The number of halogens is 3. The molecule has 1 fully saturated rings. The van der Waals surface area contributed by atoms with E-state index < -0.39 is 17.6 Å². The van der Waals surface area contributed by atoms with E-state index in [4.69, 9.17) is 9.47 Å². The number of benzene rings is 2. The van der Waals surface area contributed by atoms with Crippen LogP contribution in [-0.2, 0) is 6.18 Å². The maximum Gasteiger partial charge on any atom is 0.417 e. The third-order valence-electron chi connectivity index (χ3n) is 5.23. The minimum atomic E-state index is -4.60. The second-order valence-electron chi connectivity index (χ2n) is 7.15. The maximum atomic E-state index is 13.2. The Balaban J connectivity index is 1.61. The highest BCUT2D eigenvalue weighted by Gasteiger charge is 2.36. The van der Waals surface area contributed by atoms with Crippen molar-refractivity contribution in [3.63, 3.8) is 0 Å². The molecule has 0 bridgehead atoms. The fourth-order valence-electron chi connectivity index (χ4n) is 3.56. The van der Waals surface area contributed by atoms with E-state index in [9.17, 15) is 22.8 Å². The minimum absolute atomic E-state index is 0.192. The Morgan fingerprint density at radius 3 is 2.26 bits per heavy atom. The van der Waals surface area contributed by atoms with Crippen molar-refractivity contribution in [3.05, 3.63) is 59.2 Å². The van der Waals surface area contributed by atoms with Crippen molar-refractivity contribution in [1.29, 1.82) is 0 Å². The zero-order valence-electron chi connectivity index (χ0n) is 17.2. The molecule has 0 saturated carbocycles. The number of hydrogen-bond acceptors (Lipinski definition) is 4. The highest BCUT2D eigenvalue weighted by atomic mass is 19.4. The van der Waals surface area contributed by atoms with Gasteiger partial charge in [-0.2, -0.15) is 13.2 Å². The monoisotopic (exact) mass is 436 g/mol. The Bertz CT molecular complexity index is 954. The van der Waals surface area contributed by atoms with Gasteiger partial charge in [0.05, 0.1) is 25.3 Å². The molecule has 6 nitrogen and oxygen atoms in total. The van der Waals surface area contributed by atoms with Gasteiger partial charge in [0, 0.05) is 24.7 Å². The third-order valence-corrected chi connectivity index (χ3v) is 5.23. The number of ether oxygens (including phenoxy) is 2. The van der Waals surface area contributed by atoms with Crippen LogP contribution in [0.3, 0.4) is 0 Å². The lowest BCUT2D eigenvalue weighted by molar-refractivity contribution is -0.138. The largest absolute Gasteiger partial charge is 0.493 e. The fourth-order valence-corrected chi connectivity index (χ4v) is 3.56. The first kappa shape index (κ1) is 22.5. The molecule has 1 aliphatic rings. The van der Waals surface area contributed by atoms with Crippen molar-refractivity contribution >= 4 is 11.8 Å². The average molecular weight is 436 g/mol. The molecule has 0 atom stereocenters. The van der Waals surface area contributed by atoms with Crippen LogP contribution in [0.15, 0.2) is 42.5 Å². The van der Waals surface area contributed by atoms with Gasteiger partial charge in [-0.1, -0.05) is 12.1 Å². The molecule has 166 valence electrons. The van der Waals surface area contributed by atoms with Gasteiger partial charge in [-0.05, 0) is 43.2 Å². The number of nitrogens with one attached hydrogen (secondary N) is 1. The molecule has 0 spiro atoms. The number of carbonyl (C=O) groups excluding carboxylic acids is 2. The maximum absolute atomic E-state index is 13.2. The Morgan fingerprint density at radius 1 is 1.00 bits per heavy atom. The van der Waals surface area contributed by atoms with Crippen LogP contribution in [0.25, 0.3) is 0 Å². The molecule has 1 saturated heterocycles. The summed E-state index contributed by atoms with van der Waals surface area (Å²) in [5, 5.41) is 2.91. The van der Waals surface area contributed by atoms with Crippen molar-refractivity contribution in [2.75, 3.05) is 27.3 Å². The lowest BCUT2D eigenvalue weighted by Crippen LogP contribution is -2.46. The third kappa shape index (κ3) is 5.10. The summed E-state index contributed by atoms with van der Waals surface area (Å²) in [6.07, 6.45) is -3.71. The zero-order valence-corrected chi connectivity index (χ0v) is 17.2. The van der Waals surface area contributed by atoms with Crippen molar-refractivity contribution in [1.82, 2.24) is 10.2 Å². The van der Waals surface area contributed by atoms with Crippen LogP contribution in [0.4, 0.5) is 13.2 Å². The molecular weight excluding hydrogens is 413 g/mol. The Kier molecular flexibility index (Phi) is 6.72. The Hall–Kier alpha value is -3.23. The molecule has 0 aromatic heterocycles. The number of alkyl halides is 3. The molecule has 0 aliphatic carbocycles. The van der Waals surface area contributed by atoms with E-state index in [-0.39, 0.29) is 30.6 Å². The lowest BCUT2D eigenvalue weighted by Gasteiger charge is -2.33. The summed E-state index contributed by atoms with van der Waals surface area (Å²) >= 11 is 0. The second kappa shape index (κ2) is 9.28. The molecule has 0 unspecified atom stereocenters. The van der Waals surface area contributed by atoms with E-state index in [1.165, 1.54) is 37.3 Å². The van der Waals surface area contributed by atoms with E-state index >= 15 is 0 Å². The van der Waals surface area contributed by atoms with Gasteiger partial charge in [-0.3, -0.25) is 9.59 Å². The van der Waals surface area contributed by atoms with Crippen LogP contribution in [0.2, 0.25) is 0 Å². The highest BCUT2D eigenvalue weighted by Crippen LogP contribution is 2.33. The van der Waals surface area contributed by atoms with Crippen molar-refractivity contribution in [2.45, 2.75) is 25.1 Å². The van der Waals surface area contributed by atoms with Gasteiger partial charge in [0.1, 0.15) is 0 Å². The van der Waals surface area contributed by atoms with Crippen LogP contribution in [0.5, 0.6) is 11.5 Å². The summed E-state index contributed by atoms with van der Waals surface area (Å²) in [6.45, 7) is 0.504. The average Bonchev–Trinajstić information content (AvgIpc) is 2.78. The normalized spacial score (nSPS) is 14.8. The Morgan fingerprint density at radius 2 is 1.65 bits per heavy atom. The number of likely N-dealkylation sites (tertiary alicyclic amines) is 1. The Labute approximate surface area is 177 Å². The number of nitrogens with zero attached hydrogens (tertiary/aromatic N) is 1. The number of hydrogen-bond donors (Lipinski definition) is 1. The molecular formula is C22H23F3N2O4. The predicted molar refractivity (Wildman–Crippen MR) is 107 cm³/mol. The van der Waals surface area contributed by atoms with Crippen molar-refractivity contribution in [3.8, 4) is 11.5 Å². The fraction of sp³-hybridized carbons (Fsp3) is 0.364. The minimum Gasteiger partial charge on any atom is -0.493 e. The first-order valence-electron chi connectivity index (χ1n) is 9.73. The molecule has 2 amide bonds. The van der Waals surface area contributed by atoms with Crippen LogP contribution in [0.1, 0.15) is 39.1 Å². The number of methoxy groups -OCH3 is 2. The first-order chi connectivity index (χ1) is 14.7.